The standard InChI is InChI=1S/C17H24O3Si/c1-7-21(6,8-2)15-11-9-14(10-12-15)16(18)20-19-13-17(3,4)5/h7-12H,1-2,13H2,3-6H3. The van der Waals surface area contributed by atoms with Gasteiger partial charge in [-0.1, -0.05) is 56.0 Å². The van der Waals surface area contributed by atoms with E-state index >= 15 is 0 Å². The van der Waals surface area contributed by atoms with Gasteiger partial charge in [-0.05, 0) is 17.5 Å². The quantitative estimate of drug-likeness (QED) is 0.458. The summed E-state index contributed by atoms with van der Waals surface area (Å²) in [4.78, 5) is 21.6. The van der Waals surface area contributed by atoms with Gasteiger partial charge < -0.3 is 0 Å². The molecule has 0 fully saturated rings. The van der Waals surface area contributed by atoms with E-state index in [2.05, 4.69) is 19.7 Å². The third kappa shape index (κ3) is 4.99. The molecular weight excluding hydrogens is 280 g/mol. The minimum atomic E-state index is -1.84. The Balaban J connectivity index is 2.72. The minimum absolute atomic E-state index is 0.0501. The SMILES string of the molecule is C=C[Si](C)(C=C)c1ccc(C(=O)OOCC(C)(C)C)cc1. The topological polar surface area (TPSA) is 35.5 Å². The molecule has 0 aliphatic rings. The monoisotopic (exact) mass is 304 g/mol. The lowest BCUT2D eigenvalue weighted by Crippen LogP contribution is -2.40. The zero-order valence-corrected chi connectivity index (χ0v) is 14.3. The van der Waals surface area contributed by atoms with Gasteiger partial charge in [0, 0.05) is 0 Å². The molecule has 114 valence electrons. The van der Waals surface area contributed by atoms with Gasteiger partial charge in [0.15, 0.2) is 0 Å². The molecule has 0 heterocycles. The van der Waals surface area contributed by atoms with Crippen molar-refractivity contribution >= 4 is 19.2 Å². The molecule has 0 unspecified atom stereocenters. The van der Waals surface area contributed by atoms with Crippen molar-refractivity contribution in [2.24, 2.45) is 5.41 Å². The van der Waals surface area contributed by atoms with Gasteiger partial charge in [-0.15, -0.1) is 13.2 Å². The van der Waals surface area contributed by atoms with Gasteiger partial charge in [-0.3, -0.25) is 4.89 Å². The third-order valence-corrected chi connectivity index (χ3v) is 6.49. The summed E-state index contributed by atoms with van der Waals surface area (Å²) in [6.07, 6.45) is 0. The molecule has 0 amide bonds. The fraction of sp³-hybridized carbons (Fsp3) is 0.353. The minimum Gasteiger partial charge on any atom is -0.293 e. The third-order valence-electron chi connectivity index (χ3n) is 3.22. The van der Waals surface area contributed by atoms with Crippen molar-refractivity contribution in [2.75, 3.05) is 6.61 Å². The Morgan fingerprint density at radius 1 is 1.19 bits per heavy atom. The molecule has 21 heavy (non-hydrogen) atoms. The molecule has 0 spiro atoms. The molecule has 4 heteroatoms. The summed E-state index contributed by atoms with van der Waals surface area (Å²) in [6, 6.07) is 7.35. The van der Waals surface area contributed by atoms with Gasteiger partial charge in [0.25, 0.3) is 0 Å². The predicted octanol–water partition coefficient (Wildman–Crippen LogP) is 3.56. The molecule has 3 nitrogen and oxygen atoms in total. The highest BCUT2D eigenvalue weighted by molar-refractivity contribution is 6.98. The molecule has 0 aliphatic carbocycles. The summed E-state index contributed by atoms with van der Waals surface area (Å²) >= 11 is 0. The Bertz CT molecular complexity index is 504. The summed E-state index contributed by atoms with van der Waals surface area (Å²) in [7, 11) is -1.84. The largest absolute Gasteiger partial charge is 0.373 e. The van der Waals surface area contributed by atoms with Crippen molar-refractivity contribution in [3.63, 3.8) is 0 Å². The van der Waals surface area contributed by atoms with Crippen molar-refractivity contribution in [2.45, 2.75) is 27.3 Å². The second-order valence-corrected chi connectivity index (χ2v) is 10.4. The first-order chi connectivity index (χ1) is 9.72. The zero-order chi connectivity index (χ0) is 16.1. The van der Waals surface area contributed by atoms with Crippen LogP contribution in [0.2, 0.25) is 6.55 Å². The van der Waals surface area contributed by atoms with Crippen LogP contribution in [0.4, 0.5) is 0 Å². The van der Waals surface area contributed by atoms with Crippen LogP contribution >= 0.6 is 0 Å². The van der Waals surface area contributed by atoms with Crippen LogP contribution in [0.1, 0.15) is 31.1 Å². The predicted molar refractivity (Wildman–Crippen MR) is 88.9 cm³/mol. The first-order valence-electron chi connectivity index (χ1n) is 6.93. The van der Waals surface area contributed by atoms with E-state index < -0.39 is 14.0 Å². The number of hydrogen-bond acceptors (Lipinski definition) is 3. The van der Waals surface area contributed by atoms with Crippen LogP contribution < -0.4 is 5.19 Å². The highest BCUT2D eigenvalue weighted by atomic mass is 28.3. The Morgan fingerprint density at radius 2 is 1.71 bits per heavy atom. The van der Waals surface area contributed by atoms with Crippen LogP contribution in [-0.2, 0) is 9.78 Å². The maximum absolute atomic E-state index is 11.9. The smallest absolute Gasteiger partial charge is 0.293 e. The molecule has 0 aromatic heterocycles. The van der Waals surface area contributed by atoms with Gasteiger partial charge in [-0.2, -0.15) is 4.89 Å². The van der Waals surface area contributed by atoms with Crippen LogP contribution in [0.15, 0.2) is 48.8 Å². The Labute approximate surface area is 128 Å². The Kier molecular flexibility index (Phi) is 5.69. The summed E-state index contributed by atoms with van der Waals surface area (Å²) in [5.41, 5.74) is 4.34. The first-order valence-corrected chi connectivity index (χ1v) is 9.59. The lowest BCUT2D eigenvalue weighted by molar-refractivity contribution is -0.255. The molecule has 0 saturated heterocycles. The fourth-order valence-electron chi connectivity index (χ4n) is 1.59. The van der Waals surface area contributed by atoms with Crippen molar-refractivity contribution in [3.8, 4) is 0 Å². The molecule has 0 atom stereocenters. The number of carbonyl (C=O) groups is 1. The summed E-state index contributed by atoms with van der Waals surface area (Å²) in [6.45, 7) is 16.3. The lowest BCUT2D eigenvalue weighted by atomic mass is 9.99. The normalized spacial score (nSPS) is 11.8. The average Bonchev–Trinajstić information content (AvgIpc) is 2.45. The van der Waals surface area contributed by atoms with E-state index in [1.54, 1.807) is 12.1 Å². The number of hydrogen-bond donors (Lipinski definition) is 0. The average molecular weight is 304 g/mol. The van der Waals surface area contributed by atoms with Crippen molar-refractivity contribution in [1.82, 2.24) is 0 Å². The molecule has 0 N–H and O–H groups in total. The van der Waals surface area contributed by atoms with E-state index in [-0.39, 0.29) is 5.41 Å². The highest BCUT2D eigenvalue weighted by Crippen LogP contribution is 2.14. The highest BCUT2D eigenvalue weighted by Gasteiger charge is 2.22. The van der Waals surface area contributed by atoms with E-state index in [1.807, 2.05) is 44.3 Å². The van der Waals surface area contributed by atoms with Crippen LogP contribution in [-0.4, -0.2) is 20.7 Å². The number of carbonyl (C=O) groups excluding carboxylic acids is 1. The van der Waals surface area contributed by atoms with Gasteiger partial charge >= 0.3 is 5.97 Å². The molecule has 0 bridgehead atoms. The molecule has 1 aromatic rings. The lowest BCUT2D eigenvalue weighted by Gasteiger charge is -2.19. The molecule has 0 radical (unpaired) electrons. The zero-order valence-electron chi connectivity index (χ0n) is 13.3. The van der Waals surface area contributed by atoms with E-state index in [0.717, 1.165) is 5.19 Å². The Hall–Kier alpha value is -1.65. The molecule has 0 saturated carbocycles. The summed E-state index contributed by atoms with van der Waals surface area (Å²) < 4.78 is 0. The second kappa shape index (κ2) is 6.87. The van der Waals surface area contributed by atoms with Crippen molar-refractivity contribution in [3.05, 3.63) is 54.4 Å². The van der Waals surface area contributed by atoms with Crippen LogP contribution in [0.25, 0.3) is 0 Å². The Morgan fingerprint density at radius 3 is 2.14 bits per heavy atom. The van der Waals surface area contributed by atoms with Crippen molar-refractivity contribution < 1.29 is 14.6 Å². The number of benzene rings is 1. The van der Waals surface area contributed by atoms with E-state index in [0.29, 0.717) is 12.2 Å². The van der Waals surface area contributed by atoms with E-state index in [9.17, 15) is 4.79 Å². The maximum atomic E-state index is 11.9. The first kappa shape index (κ1) is 17.4. The molecular formula is C17H24O3Si. The molecule has 1 rings (SSSR count). The van der Waals surface area contributed by atoms with Crippen molar-refractivity contribution in [1.29, 1.82) is 0 Å². The van der Waals surface area contributed by atoms with Crippen LogP contribution in [0.5, 0.6) is 0 Å². The van der Waals surface area contributed by atoms with Gasteiger partial charge in [0.1, 0.15) is 8.07 Å². The van der Waals surface area contributed by atoms with E-state index in [4.69, 9.17) is 9.78 Å². The molecule has 1 aromatic carbocycles. The molecule has 0 aliphatic heterocycles. The fourth-order valence-corrected chi connectivity index (χ4v) is 3.12. The van der Waals surface area contributed by atoms with Crippen LogP contribution in [0.3, 0.4) is 0 Å². The number of rotatable bonds is 6. The second-order valence-electron chi connectivity index (χ2n) is 6.46. The summed E-state index contributed by atoms with van der Waals surface area (Å²) in [5.74, 6) is -0.480. The van der Waals surface area contributed by atoms with Gasteiger partial charge in [-0.25, -0.2) is 4.79 Å². The maximum Gasteiger partial charge on any atom is 0.373 e. The summed E-state index contributed by atoms with van der Waals surface area (Å²) in [5, 5.41) is 1.15. The van der Waals surface area contributed by atoms with Gasteiger partial charge in [0.05, 0.1) is 12.2 Å². The van der Waals surface area contributed by atoms with E-state index in [1.165, 1.54) is 0 Å². The van der Waals surface area contributed by atoms with Crippen LogP contribution in [0, 0.1) is 5.41 Å². The van der Waals surface area contributed by atoms with Gasteiger partial charge in [0.2, 0.25) is 0 Å².